The molecule has 0 radical (unpaired) electrons. The molecular weight excluding hydrogens is 625 g/mol. The Morgan fingerprint density at radius 3 is 2.12 bits per heavy atom. The summed E-state index contributed by atoms with van der Waals surface area (Å²) in [6.07, 6.45) is -20.1. The van der Waals surface area contributed by atoms with E-state index in [2.05, 4.69) is 15.6 Å². The summed E-state index contributed by atoms with van der Waals surface area (Å²) in [7, 11) is 0. The number of primary amides is 1. The SMILES string of the molecule is NC(=O)C(CCC(F)(F)F)C(CCC(F)(F)F)C(=O)NC1CN(c2cccc(C(F)(F)F)n2)c2cccc(Cl)c2NC1=O. The number of para-hydroxylation sites is 1. The largest absolute Gasteiger partial charge is 0.433 e. The molecule has 3 atom stereocenters. The molecule has 1 aromatic heterocycles. The summed E-state index contributed by atoms with van der Waals surface area (Å²) < 4.78 is 118. The number of aromatic nitrogens is 1. The van der Waals surface area contributed by atoms with Gasteiger partial charge < -0.3 is 21.3 Å². The molecule has 3 unspecified atom stereocenters. The first kappa shape index (κ1) is 33.7. The summed E-state index contributed by atoms with van der Waals surface area (Å²) in [5, 5.41) is 4.45. The van der Waals surface area contributed by atoms with E-state index < -0.39 is 92.1 Å². The fourth-order valence-electron chi connectivity index (χ4n) is 4.47. The quantitative estimate of drug-likeness (QED) is 0.301. The van der Waals surface area contributed by atoms with E-state index in [1.54, 1.807) is 0 Å². The van der Waals surface area contributed by atoms with Gasteiger partial charge in [-0.25, -0.2) is 4.98 Å². The van der Waals surface area contributed by atoms with E-state index in [9.17, 15) is 53.9 Å². The number of alkyl halides is 9. The number of nitrogens with two attached hydrogens (primary N) is 1. The van der Waals surface area contributed by atoms with Crippen molar-refractivity contribution in [2.75, 3.05) is 16.8 Å². The molecule has 1 aromatic carbocycles. The fourth-order valence-corrected chi connectivity index (χ4v) is 4.69. The second kappa shape index (κ2) is 12.9. The van der Waals surface area contributed by atoms with Gasteiger partial charge in [0.15, 0.2) is 0 Å². The first-order valence-electron chi connectivity index (χ1n) is 12.4. The van der Waals surface area contributed by atoms with Crippen LogP contribution in [-0.4, -0.2) is 47.6 Å². The lowest BCUT2D eigenvalue weighted by Crippen LogP contribution is -2.52. The Morgan fingerprint density at radius 1 is 0.977 bits per heavy atom. The van der Waals surface area contributed by atoms with Gasteiger partial charge in [-0.15, -0.1) is 0 Å². The van der Waals surface area contributed by atoms with Gasteiger partial charge in [0.2, 0.25) is 17.7 Å². The maximum Gasteiger partial charge on any atom is 0.433 e. The lowest BCUT2D eigenvalue weighted by molar-refractivity contribution is -0.152. The Kier molecular flexibility index (Phi) is 10.1. The number of fused-ring (bicyclic) bond motifs is 1. The van der Waals surface area contributed by atoms with Crippen LogP contribution in [-0.2, 0) is 20.6 Å². The van der Waals surface area contributed by atoms with Crippen molar-refractivity contribution in [2.24, 2.45) is 17.6 Å². The number of amides is 3. The molecule has 2 aromatic rings. The molecule has 236 valence electrons. The van der Waals surface area contributed by atoms with Crippen LogP contribution in [0, 0.1) is 11.8 Å². The molecule has 0 spiro atoms. The number of nitrogens with one attached hydrogen (secondary N) is 2. The highest BCUT2D eigenvalue weighted by Gasteiger charge is 2.41. The minimum atomic E-state index is -4.87. The van der Waals surface area contributed by atoms with Crippen LogP contribution in [0.1, 0.15) is 31.4 Å². The van der Waals surface area contributed by atoms with Crippen molar-refractivity contribution in [1.29, 1.82) is 0 Å². The van der Waals surface area contributed by atoms with Gasteiger partial charge >= 0.3 is 18.5 Å². The molecule has 0 saturated carbocycles. The third-order valence-corrected chi connectivity index (χ3v) is 6.81. The Morgan fingerprint density at radius 2 is 1.56 bits per heavy atom. The molecule has 43 heavy (non-hydrogen) atoms. The molecule has 18 heteroatoms. The van der Waals surface area contributed by atoms with E-state index in [0.717, 1.165) is 17.0 Å². The molecule has 1 aliphatic heterocycles. The average Bonchev–Trinajstić information content (AvgIpc) is 3.01. The van der Waals surface area contributed by atoms with Crippen LogP contribution in [0.3, 0.4) is 0 Å². The van der Waals surface area contributed by atoms with E-state index in [1.165, 1.54) is 18.2 Å². The predicted octanol–water partition coefficient (Wildman–Crippen LogP) is 5.73. The molecule has 0 fully saturated rings. The van der Waals surface area contributed by atoms with Gasteiger partial charge in [-0.2, -0.15) is 39.5 Å². The van der Waals surface area contributed by atoms with Crippen molar-refractivity contribution in [3.05, 3.63) is 47.1 Å². The molecule has 0 bridgehead atoms. The van der Waals surface area contributed by atoms with Gasteiger partial charge in [0.1, 0.15) is 17.6 Å². The fraction of sp³-hybridized carbons (Fsp3) is 0.440. The highest BCUT2D eigenvalue weighted by molar-refractivity contribution is 6.34. The Balaban J connectivity index is 2.00. The molecular formula is C25H23ClF9N5O3. The number of hydrogen-bond acceptors (Lipinski definition) is 5. The van der Waals surface area contributed by atoms with Crippen molar-refractivity contribution < 1.29 is 53.9 Å². The average molecular weight is 648 g/mol. The zero-order chi connectivity index (χ0) is 32.3. The van der Waals surface area contributed by atoms with E-state index in [0.29, 0.717) is 6.07 Å². The number of halogens is 10. The summed E-state index contributed by atoms with van der Waals surface area (Å²) in [6, 6.07) is 5.23. The number of benzene rings is 1. The Hall–Kier alpha value is -3.76. The topological polar surface area (TPSA) is 117 Å². The van der Waals surface area contributed by atoms with Gasteiger partial charge in [0.05, 0.1) is 22.9 Å². The first-order chi connectivity index (χ1) is 19.8. The van der Waals surface area contributed by atoms with Crippen molar-refractivity contribution in [3.8, 4) is 0 Å². The van der Waals surface area contributed by atoms with Crippen molar-refractivity contribution in [3.63, 3.8) is 0 Å². The minimum absolute atomic E-state index is 0.0400. The van der Waals surface area contributed by atoms with Crippen LogP contribution in [0.2, 0.25) is 5.02 Å². The van der Waals surface area contributed by atoms with Crippen LogP contribution >= 0.6 is 11.6 Å². The number of rotatable bonds is 9. The summed E-state index contributed by atoms with van der Waals surface area (Å²) in [4.78, 5) is 43.1. The summed E-state index contributed by atoms with van der Waals surface area (Å²) in [5.74, 6) is -8.27. The smallest absolute Gasteiger partial charge is 0.369 e. The molecule has 3 rings (SSSR count). The molecule has 0 saturated heterocycles. The molecule has 0 aliphatic carbocycles. The van der Waals surface area contributed by atoms with Crippen LogP contribution < -0.4 is 21.3 Å². The van der Waals surface area contributed by atoms with E-state index in [4.69, 9.17) is 17.3 Å². The zero-order valence-corrected chi connectivity index (χ0v) is 22.5. The summed E-state index contributed by atoms with van der Waals surface area (Å²) >= 11 is 6.19. The van der Waals surface area contributed by atoms with Gasteiger partial charge in [0, 0.05) is 24.7 Å². The maximum atomic E-state index is 13.4. The number of hydrogen-bond donors (Lipinski definition) is 3. The highest BCUT2D eigenvalue weighted by atomic mass is 35.5. The standard InChI is InChI=1S/C25H23ClF9N5O3/c26-14-3-1-4-16-19(14)39-22(43)15(11-40(16)18-6-2-5-17(38-18)25(33,34)35)37-21(42)13(8-10-24(30,31)32)12(20(36)41)7-9-23(27,28)29/h1-6,12-13,15H,7-11H2,(H2,36,41)(H,37,42)(H,39,43). The van der Waals surface area contributed by atoms with Crippen LogP contribution in [0.15, 0.2) is 36.4 Å². The number of carbonyl (C=O) groups is 3. The van der Waals surface area contributed by atoms with Gasteiger partial charge in [-0.3, -0.25) is 14.4 Å². The number of carbonyl (C=O) groups excluding carboxylic acids is 3. The Bertz CT molecular complexity index is 1350. The summed E-state index contributed by atoms with van der Waals surface area (Å²) in [6.45, 7) is -0.644. The van der Waals surface area contributed by atoms with Crippen LogP contribution in [0.4, 0.5) is 56.7 Å². The van der Waals surface area contributed by atoms with E-state index >= 15 is 0 Å². The highest BCUT2D eigenvalue weighted by Crippen LogP contribution is 2.40. The third-order valence-electron chi connectivity index (χ3n) is 6.50. The molecule has 3 amide bonds. The second-order valence-corrected chi connectivity index (χ2v) is 10.0. The van der Waals surface area contributed by atoms with Crippen molar-refractivity contribution in [2.45, 2.75) is 50.3 Å². The lowest BCUT2D eigenvalue weighted by atomic mass is 9.83. The molecule has 8 nitrogen and oxygen atoms in total. The van der Waals surface area contributed by atoms with Gasteiger partial charge in [-0.05, 0) is 37.1 Å². The minimum Gasteiger partial charge on any atom is -0.369 e. The number of nitrogens with zero attached hydrogens (tertiary/aromatic N) is 2. The summed E-state index contributed by atoms with van der Waals surface area (Å²) in [5.41, 5.74) is 3.82. The van der Waals surface area contributed by atoms with Crippen molar-refractivity contribution in [1.82, 2.24) is 10.3 Å². The molecule has 1 aliphatic rings. The van der Waals surface area contributed by atoms with Crippen LogP contribution in [0.5, 0.6) is 0 Å². The maximum absolute atomic E-state index is 13.4. The third kappa shape index (κ3) is 9.11. The van der Waals surface area contributed by atoms with Crippen molar-refractivity contribution >= 4 is 46.5 Å². The second-order valence-electron chi connectivity index (χ2n) is 9.60. The van der Waals surface area contributed by atoms with E-state index in [1.807, 2.05) is 0 Å². The normalized spacial score (nSPS) is 17.4. The zero-order valence-electron chi connectivity index (χ0n) is 21.7. The van der Waals surface area contributed by atoms with Crippen LogP contribution in [0.25, 0.3) is 0 Å². The number of anilines is 3. The predicted molar refractivity (Wildman–Crippen MR) is 135 cm³/mol. The van der Waals surface area contributed by atoms with E-state index in [-0.39, 0.29) is 22.2 Å². The lowest BCUT2D eigenvalue weighted by Gasteiger charge is -2.29. The molecule has 4 N–H and O–H groups in total. The number of pyridine rings is 1. The Labute approximate surface area is 242 Å². The van der Waals surface area contributed by atoms with Gasteiger partial charge in [0.25, 0.3) is 0 Å². The molecule has 2 heterocycles. The monoisotopic (exact) mass is 647 g/mol. The van der Waals surface area contributed by atoms with Gasteiger partial charge in [-0.1, -0.05) is 23.7 Å². The first-order valence-corrected chi connectivity index (χ1v) is 12.8.